The molecule has 1 N–H and O–H groups in total. The van der Waals surface area contributed by atoms with Crippen LogP contribution < -0.4 is 14.4 Å². The Bertz CT molecular complexity index is 963. The van der Waals surface area contributed by atoms with Crippen molar-refractivity contribution in [2.75, 3.05) is 29.0 Å². The van der Waals surface area contributed by atoms with Crippen molar-refractivity contribution >= 4 is 50.5 Å². The van der Waals surface area contributed by atoms with Gasteiger partial charge < -0.3 is 10.1 Å². The summed E-state index contributed by atoms with van der Waals surface area (Å²) < 4.78 is 30.8. The van der Waals surface area contributed by atoms with E-state index in [1.807, 2.05) is 0 Å². The van der Waals surface area contributed by atoms with E-state index in [1.165, 1.54) is 23.5 Å². The van der Waals surface area contributed by atoms with Gasteiger partial charge in [-0.1, -0.05) is 23.2 Å². The standard InChI is InChI=1S/C17H16Cl2N2O4S/c1-25-16-6-4-12(21-7-2-8-26(21,23)24)10-15(16)20-17(22)11-3-5-13(18)14(19)9-11/h3-6,9-10H,2,7-8H2,1H3,(H,20,22). The number of nitrogens with zero attached hydrogens (tertiary/aromatic N) is 1. The van der Waals surface area contributed by atoms with E-state index in [0.717, 1.165) is 0 Å². The summed E-state index contributed by atoms with van der Waals surface area (Å²) in [6.45, 7) is 0.412. The lowest BCUT2D eigenvalue weighted by Gasteiger charge is -2.19. The van der Waals surface area contributed by atoms with E-state index in [4.69, 9.17) is 27.9 Å². The van der Waals surface area contributed by atoms with Crippen LogP contribution in [0.15, 0.2) is 36.4 Å². The number of benzene rings is 2. The number of nitrogens with one attached hydrogen (secondary N) is 1. The van der Waals surface area contributed by atoms with Crippen LogP contribution in [0.5, 0.6) is 5.75 Å². The van der Waals surface area contributed by atoms with Gasteiger partial charge in [0.15, 0.2) is 0 Å². The Balaban J connectivity index is 1.92. The van der Waals surface area contributed by atoms with Gasteiger partial charge in [0.05, 0.1) is 34.3 Å². The maximum atomic E-state index is 12.5. The van der Waals surface area contributed by atoms with Crippen molar-refractivity contribution < 1.29 is 17.9 Å². The number of halogens is 2. The second-order valence-electron chi connectivity index (χ2n) is 5.71. The molecule has 1 fully saturated rings. The molecule has 2 aromatic carbocycles. The molecule has 0 radical (unpaired) electrons. The quantitative estimate of drug-likeness (QED) is 0.825. The average Bonchev–Trinajstić information content (AvgIpc) is 2.96. The molecule has 1 heterocycles. The van der Waals surface area contributed by atoms with Gasteiger partial charge in [0.1, 0.15) is 5.75 Å². The molecule has 0 saturated carbocycles. The molecular formula is C17H16Cl2N2O4S. The number of carbonyl (C=O) groups excluding carboxylic acids is 1. The summed E-state index contributed by atoms with van der Waals surface area (Å²) >= 11 is 11.8. The second-order valence-corrected chi connectivity index (χ2v) is 8.54. The van der Waals surface area contributed by atoms with Gasteiger partial charge in [-0.25, -0.2) is 8.42 Å². The molecule has 0 spiro atoms. The lowest BCUT2D eigenvalue weighted by molar-refractivity contribution is 0.102. The van der Waals surface area contributed by atoms with Gasteiger partial charge in [-0.2, -0.15) is 0 Å². The van der Waals surface area contributed by atoms with Crippen molar-refractivity contribution in [2.45, 2.75) is 6.42 Å². The van der Waals surface area contributed by atoms with Crippen LogP contribution in [0.1, 0.15) is 16.8 Å². The lowest BCUT2D eigenvalue weighted by Crippen LogP contribution is -2.25. The smallest absolute Gasteiger partial charge is 0.255 e. The Morgan fingerprint density at radius 1 is 1.15 bits per heavy atom. The zero-order chi connectivity index (χ0) is 18.9. The molecule has 1 aliphatic heterocycles. The van der Waals surface area contributed by atoms with Crippen LogP contribution >= 0.6 is 23.2 Å². The van der Waals surface area contributed by atoms with Crippen LogP contribution in [0.25, 0.3) is 0 Å². The van der Waals surface area contributed by atoms with Gasteiger partial charge in [-0.15, -0.1) is 0 Å². The highest BCUT2D eigenvalue weighted by molar-refractivity contribution is 7.93. The normalized spacial score (nSPS) is 15.7. The van der Waals surface area contributed by atoms with Crippen LogP contribution in [0.3, 0.4) is 0 Å². The molecule has 0 unspecified atom stereocenters. The molecule has 6 nitrogen and oxygen atoms in total. The summed E-state index contributed by atoms with van der Waals surface area (Å²) in [5.74, 6) is 0.117. The Morgan fingerprint density at radius 3 is 2.54 bits per heavy atom. The van der Waals surface area contributed by atoms with Gasteiger partial charge in [0, 0.05) is 12.1 Å². The summed E-state index contributed by atoms with van der Waals surface area (Å²) in [6.07, 6.45) is 0.569. The van der Waals surface area contributed by atoms with Crippen LogP contribution in [-0.4, -0.2) is 33.7 Å². The first kappa shape index (κ1) is 18.8. The van der Waals surface area contributed by atoms with E-state index in [2.05, 4.69) is 5.32 Å². The average molecular weight is 415 g/mol. The first-order valence-corrected chi connectivity index (χ1v) is 10.1. The van der Waals surface area contributed by atoms with Gasteiger partial charge in [-0.3, -0.25) is 9.10 Å². The molecule has 3 rings (SSSR count). The molecule has 1 amide bonds. The summed E-state index contributed by atoms with van der Waals surface area (Å²) in [4.78, 5) is 12.5. The largest absolute Gasteiger partial charge is 0.495 e. The molecule has 9 heteroatoms. The van der Waals surface area contributed by atoms with E-state index in [-0.39, 0.29) is 10.8 Å². The fraction of sp³-hybridized carbons (Fsp3) is 0.235. The Morgan fingerprint density at radius 2 is 1.92 bits per heavy atom. The number of hydrogen-bond acceptors (Lipinski definition) is 4. The number of anilines is 2. The fourth-order valence-electron chi connectivity index (χ4n) is 2.71. The predicted octanol–water partition coefficient (Wildman–Crippen LogP) is 3.79. The van der Waals surface area contributed by atoms with Crippen LogP contribution in [-0.2, 0) is 10.0 Å². The number of methoxy groups -OCH3 is 1. The summed E-state index contributed by atoms with van der Waals surface area (Å²) in [7, 11) is -1.85. The molecule has 0 bridgehead atoms. The SMILES string of the molecule is COc1ccc(N2CCCS2(=O)=O)cc1NC(=O)c1ccc(Cl)c(Cl)c1. The minimum absolute atomic E-state index is 0.115. The Labute approximate surface area is 161 Å². The Hall–Kier alpha value is -1.96. The van der Waals surface area contributed by atoms with E-state index < -0.39 is 15.9 Å². The Kier molecular flexibility index (Phi) is 5.32. The van der Waals surface area contributed by atoms with Gasteiger partial charge in [-0.05, 0) is 42.8 Å². The van der Waals surface area contributed by atoms with Crippen molar-refractivity contribution in [3.05, 3.63) is 52.0 Å². The maximum absolute atomic E-state index is 12.5. The molecule has 1 aliphatic rings. The third kappa shape index (κ3) is 3.75. The molecule has 26 heavy (non-hydrogen) atoms. The highest BCUT2D eigenvalue weighted by Crippen LogP contribution is 2.33. The van der Waals surface area contributed by atoms with E-state index in [9.17, 15) is 13.2 Å². The van der Waals surface area contributed by atoms with Crippen molar-refractivity contribution in [2.24, 2.45) is 0 Å². The van der Waals surface area contributed by atoms with Crippen LogP contribution in [0.4, 0.5) is 11.4 Å². The lowest BCUT2D eigenvalue weighted by atomic mass is 10.2. The van der Waals surface area contributed by atoms with Crippen LogP contribution in [0, 0.1) is 0 Å². The summed E-state index contributed by atoms with van der Waals surface area (Å²) in [5, 5.41) is 3.34. The number of rotatable bonds is 4. The number of hydrogen-bond donors (Lipinski definition) is 1. The molecule has 1 saturated heterocycles. The highest BCUT2D eigenvalue weighted by atomic mass is 35.5. The topological polar surface area (TPSA) is 75.7 Å². The molecule has 0 aliphatic carbocycles. The maximum Gasteiger partial charge on any atom is 0.255 e. The summed E-state index contributed by atoms with van der Waals surface area (Å²) in [6, 6.07) is 9.38. The van der Waals surface area contributed by atoms with Crippen molar-refractivity contribution in [3.8, 4) is 5.75 Å². The first-order valence-electron chi connectivity index (χ1n) is 7.76. The predicted molar refractivity (Wildman–Crippen MR) is 103 cm³/mol. The number of amides is 1. The fourth-order valence-corrected chi connectivity index (χ4v) is 4.56. The summed E-state index contributed by atoms with van der Waals surface area (Å²) in [5.41, 5.74) is 1.16. The minimum atomic E-state index is -3.32. The van der Waals surface area contributed by atoms with Gasteiger partial charge in [0.2, 0.25) is 10.0 Å². The van der Waals surface area contributed by atoms with Gasteiger partial charge >= 0.3 is 0 Å². The van der Waals surface area contributed by atoms with E-state index in [0.29, 0.717) is 40.7 Å². The zero-order valence-corrected chi connectivity index (χ0v) is 16.2. The van der Waals surface area contributed by atoms with Gasteiger partial charge in [0.25, 0.3) is 5.91 Å². The molecule has 0 aromatic heterocycles. The number of carbonyl (C=O) groups is 1. The number of ether oxygens (including phenoxy) is 1. The van der Waals surface area contributed by atoms with E-state index in [1.54, 1.807) is 24.3 Å². The molecule has 138 valence electrons. The minimum Gasteiger partial charge on any atom is -0.495 e. The zero-order valence-electron chi connectivity index (χ0n) is 13.8. The van der Waals surface area contributed by atoms with E-state index >= 15 is 0 Å². The van der Waals surface area contributed by atoms with Crippen molar-refractivity contribution in [1.29, 1.82) is 0 Å². The third-order valence-corrected chi connectivity index (χ3v) is 6.61. The second kappa shape index (κ2) is 7.34. The third-order valence-electron chi connectivity index (χ3n) is 4.00. The molecular weight excluding hydrogens is 399 g/mol. The molecule has 0 atom stereocenters. The number of sulfonamides is 1. The molecule has 2 aromatic rings. The first-order chi connectivity index (χ1) is 12.3. The van der Waals surface area contributed by atoms with Crippen LogP contribution in [0.2, 0.25) is 10.0 Å². The monoisotopic (exact) mass is 414 g/mol. The highest BCUT2D eigenvalue weighted by Gasteiger charge is 2.29. The van der Waals surface area contributed by atoms with Crippen molar-refractivity contribution in [3.63, 3.8) is 0 Å². The van der Waals surface area contributed by atoms with Crippen molar-refractivity contribution in [1.82, 2.24) is 0 Å².